The Kier molecular flexibility index (Phi) is 3.82. The van der Waals surface area contributed by atoms with Crippen LogP contribution in [0.3, 0.4) is 0 Å². The van der Waals surface area contributed by atoms with Crippen molar-refractivity contribution in [3.63, 3.8) is 0 Å². The van der Waals surface area contributed by atoms with Crippen LogP contribution in [0.25, 0.3) is 11.1 Å². The molecule has 18 heavy (non-hydrogen) atoms. The summed E-state index contributed by atoms with van der Waals surface area (Å²) in [6.07, 6.45) is 4.70. The second-order valence-corrected chi connectivity index (χ2v) is 3.80. The minimum atomic E-state index is -0.553. The lowest BCUT2D eigenvalue weighted by atomic mass is 10.1. The van der Waals surface area contributed by atoms with Crippen LogP contribution in [-0.2, 0) is 6.42 Å². The molecule has 0 amide bonds. The molecule has 0 aliphatic carbocycles. The Hall–Kier alpha value is -2.04. The van der Waals surface area contributed by atoms with Gasteiger partial charge in [0.05, 0.1) is 12.7 Å². The number of halogens is 1. The molecule has 0 N–H and O–H groups in total. The Morgan fingerprint density at radius 2 is 2.11 bits per heavy atom. The van der Waals surface area contributed by atoms with Gasteiger partial charge in [-0.3, -0.25) is 0 Å². The molecule has 0 aromatic carbocycles. The zero-order chi connectivity index (χ0) is 13.0. The third-order valence-electron chi connectivity index (χ3n) is 2.52. The molecule has 0 bridgehead atoms. The van der Waals surface area contributed by atoms with E-state index in [2.05, 4.69) is 15.0 Å². The van der Waals surface area contributed by atoms with Gasteiger partial charge in [-0.05, 0) is 18.6 Å². The first-order valence-electron chi connectivity index (χ1n) is 5.77. The van der Waals surface area contributed by atoms with E-state index < -0.39 is 5.95 Å². The van der Waals surface area contributed by atoms with Crippen molar-refractivity contribution in [3.8, 4) is 17.0 Å². The van der Waals surface area contributed by atoms with Crippen molar-refractivity contribution in [3.05, 3.63) is 36.3 Å². The molecule has 4 nitrogen and oxygen atoms in total. The summed E-state index contributed by atoms with van der Waals surface area (Å²) in [5.41, 5.74) is 0.861. The van der Waals surface area contributed by atoms with Crippen molar-refractivity contribution >= 4 is 0 Å². The number of pyridine rings is 1. The van der Waals surface area contributed by atoms with Crippen LogP contribution in [0.1, 0.15) is 19.2 Å². The molecule has 0 saturated carbocycles. The first-order chi connectivity index (χ1) is 8.76. The van der Waals surface area contributed by atoms with Crippen LogP contribution >= 0.6 is 0 Å². The lowest BCUT2D eigenvalue weighted by Crippen LogP contribution is -2.01. The number of aryl methyl sites for hydroxylation is 1. The summed E-state index contributed by atoms with van der Waals surface area (Å²) >= 11 is 0. The second kappa shape index (κ2) is 5.53. The predicted molar refractivity (Wildman–Crippen MR) is 65.8 cm³/mol. The summed E-state index contributed by atoms with van der Waals surface area (Å²) in [7, 11) is 1.51. The Balaban J connectivity index is 2.48. The fraction of sp³-hybridized carbons (Fsp3) is 0.308. The second-order valence-electron chi connectivity index (χ2n) is 3.80. The first-order valence-corrected chi connectivity index (χ1v) is 5.77. The van der Waals surface area contributed by atoms with Gasteiger partial charge in [0.25, 0.3) is 0 Å². The van der Waals surface area contributed by atoms with E-state index in [4.69, 9.17) is 4.74 Å². The van der Waals surface area contributed by atoms with Crippen LogP contribution in [0.2, 0.25) is 0 Å². The molecule has 2 aromatic heterocycles. The van der Waals surface area contributed by atoms with Crippen LogP contribution in [0.5, 0.6) is 5.88 Å². The molecule has 0 fully saturated rings. The number of nitrogens with zero attached hydrogens (tertiary/aromatic N) is 3. The summed E-state index contributed by atoms with van der Waals surface area (Å²) in [6, 6.07) is 3.29. The van der Waals surface area contributed by atoms with E-state index in [-0.39, 0.29) is 0 Å². The van der Waals surface area contributed by atoms with Gasteiger partial charge in [-0.2, -0.15) is 9.37 Å². The number of hydrogen-bond donors (Lipinski definition) is 0. The fourth-order valence-electron chi connectivity index (χ4n) is 1.67. The molecular formula is C13H14FN3O. The monoisotopic (exact) mass is 247 g/mol. The molecule has 5 heteroatoms. The molecule has 0 aliphatic rings. The Bertz CT molecular complexity index is 546. The molecule has 2 rings (SSSR count). The summed E-state index contributed by atoms with van der Waals surface area (Å²) < 4.78 is 18.8. The predicted octanol–water partition coefficient (Wildman–Crippen LogP) is 2.64. The summed E-state index contributed by atoms with van der Waals surface area (Å²) in [5.74, 6) is 0.519. The summed E-state index contributed by atoms with van der Waals surface area (Å²) in [6.45, 7) is 2.05. The van der Waals surface area contributed by atoms with Gasteiger partial charge in [-0.25, -0.2) is 9.97 Å². The van der Waals surface area contributed by atoms with Gasteiger partial charge >= 0.3 is 0 Å². The average Bonchev–Trinajstić information content (AvgIpc) is 2.40. The average molecular weight is 247 g/mol. The molecule has 0 saturated heterocycles. The third kappa shape index (κ3) is 2.45. The van der Waals surface area contributed by atoms with Gasteiger partial charge in [-0.1, -0.05) is 6.92 Å². The maximum absolute atomic E-state index is 13.6. The third-order valence-corrected chi connectivity index (χ3v) is 2.52. The molecule has 0 atom stereocenters. The van der Waals surface area contributed by atoms with Crippen LogP contribution in [0.15, 0.2) is 24.5 Å². The highest BCUT2D eigenvalue weighted by Crippen LogP contribution is 2.28. The lowest BCUT2D eigenvalue weighted by Gasteiger charge is -2.08. The fourth-order valence-corrected chi connectivity index (χ4v) is 1.67. The normalized spacial score (nSPS) is 10.4. The molecular weight excluding hydrogens is 233 g/mol. The highest BCUT2D eigenvalue weighted by Gasteiger charge is 2.13. The number of ether oxygens (including phenoxy) is 1. The van der Waals surface area contributed by atoms with Crippen molar-refractivity contribution in [2.24, 2.45) is 0 Å². The number of hydrogen-bond acceptors (Lipinski definition) is 4. The van der Waals surface area contributed by atoms with Crippen LogP contribution in [0, 0.1) is 5.95 Å². The van der Waals surface area contributed by atoms with Crippen LogP contribution in [0.4, 0.5) is 4.39 Å². The van der Waals surface area contributed by atoms with Gasteiger partial charge < -0.3 is 4.74 Å². The maximum atomic E-state index is 13.6. The maximum Gasteiger partial charge on any atom is 0.224 e. The van der Waals surface area contributed by atoms with E-state index in [1.54, 1.807) is 18.3 Å². The van der Waals surface area contributed by atoms with Gasteiger partial charge in [0.15, 0.2) is 0 Å². The minimum absolute atomic E-state index is 0.345. The SMILES string of the molecule is CCCc1ncc(-c2cccnc2F)c(OC)n1. The van der Waals surface area contributed by atoms with Crippen molar-refractivity contribution < 1.29 is 9.13 Å². The van der Waals surface area contributed by atoms with E-state index in [0.29, 0.717) is 22.8 Å². The summed E-state index contributed by atoms with van der Waals surface area (Å²) in [5, 5.41) is 0. The van der Waals surface area contributed by atoms with E-state index in [9.17, 15) is 4.39 Å². The quantitative estimate of drug-likeness (QED) is 0.779. The van der Waals surface area contributed by atoms with E-state index in [1.165, 1.54) is 13.3 Å². The molecule has 0 aliphatic heterocycles. The molecule has 94 valence electrons. The molecule has 2 aromatic rings. The minimum Gasteiger partial charge on any atom is -0.480 e. The zero-order valence-electron chi connectivity index (χ0n) is 10.4. The molecule has 2 heterocycles. The van der Waals surface area contributed by atoms with Crippen molar-refractivity contribution in [1.29, 1.82) is 0 Å². The van der Waals surface area contributed by atoms with Gasteiger partial charge in [0, 0.05) is 24.4 Å². The first kappa shape index (κ1) is 12.4. The Morgan fingerprint density at radius 3 is 2.78 bits per heavy atom. The molecule has 0 spiro atoms. The van der Waals surface area contributed by atoms with Gasteiger partial charge in [0.1, 0.15) is 5.82 Å². The topological polar surface area (TPSA) is 47.9 Å². The molecule has 0 unspecified atom stereocenters. The van der Waals surface area contributed by atoms with E-state index in [1.807, 2.05) is 6.92 Å². The van der Waals surface area contributed by atoms with Gasteiger partial charge in [0.2, 0.25) is 11.8 Å². The highest BCUT2D eigenvalue weighted by molar-refractivity contribution is 5.67. The number of aromatic nitrogens is 3. The number of methoxy groups -OCH3 is 1. The van der Waals surface area contributed by atoms with Crippen molar-refractivity contribution in [2.75, 3.05) is 7.11 Å². The van der Waals surface area contributed by atoms with Gasteiger partial charge in [-0.15, -0.1) is 0 Å². The van der Waals surface area contributed by atoms with Crippen molar-refractivity contribution in [2.45, 2.75) is 19.8 Å². The molecule has 0 radical (unpaired) electrons. The standard InChI is InChI=1S/C13H14FN3O/c1-3-5-11-16-8-10(13(17-11)18-2)9-6-4-7-15-12(9)14/h4,6-8H,3,5H2,1-2H3. The zero-order valence-corrected chi connectivity index (χ0v) is 10.4. The Morgan fingerprint density at radius 1 is 1.28 bits per heavy atom. The van der Waals surface area contributed by atoms with Crippen molar-refractivity contribution in [1.82, 2.24) is 15.0 Å². The van der Waals surface area contributed by atoms with E-state index in [0.717, 1.165) is 12.8 Å². The lowest BCUT2D eigenvalue weighted by molar-refractivity contribution is 0.396. The summed E-state index contributed by atoms with van der Waals surface area (Å²) in [4.78, 5) is 12.1. The Labute approximate surface area is 105 Å². The number of rotatable bonds is 4. The largest absolute Gasteiger partial charge is 0.480 e. The van der Waals surface area contributed by atoms with Crippen LogP contribution < -0.4 is 4.74 Å². The van der Waals surface area contributed by atoms with Crippen LogP contribution in [-0.4, -0.2) is 22.1 Å². The van der Waals surface area contributed by atoms with E-state index >= 15 is 0 Å². The smallest absolute Gasteiger partial charge is 0.224 e. The highest BCUT2D eigenvalue weighted by atomic mass is 19.1.